The zero-order chi connectivity index (χ0) is 13.8. The molecule has 0 spiro atoms. The maximum Gasteiger partial charge on any atom is 0.303 e. The molecule has 0 aliphatic carbocycles. The standard InChI is InChI=1S/C15H16O3S/c1-10(8-15(16)17)13-6-7-14(19-13)11-4-3-5-12(9-11)18-2/h3-7,9-10H,8H2,1-2H3,(H,16,17). The first-order chi connectivity index (χ1) is 9.10. The zero-order valence-corrected chi connectivity index (χ0v) is 11.7. The van der Waals surface area contributed by atoms with Crippen LogP contribution in [-0.4, -0.2) is 18.2 Å². The predicted octanol–water partition coefficient (Wildman–Crippen LogP) is 4.00. The van der Waals surface area contributed by atoms with Gasteiger partial charge in [0.05, 0.1) is 13.5 Å². The second-order valence-electron chi connectivity index (χ2n) is 4.43. The van der Waals surface area contributed by atoms with Gasteiger partial charge in [-0.15, -0.1) is 11.3 Å². The van der Waals surface area contributed by atoms with Gasteiger partial charge in [0, 0.05) is 15.7 Å². The molecule has 4 heteroatoms. The van der Waals surface area contributed by atoms with Gasteiger partial charge in [-0.3, -0.25) is 4.79 Å². The van der Waals surface area contributed by atoms with Crippen LogP contribution in [0.4, 0.5) is 0 Å². The lowest BCUT2D eigenvalue weighted by Crippen LogP contribution is -2.00. The number of carbonyl (C=O) groups is 1. The maximum absolute atomic E-state index is 10.7. The molecule has 0 saturated heterocycles. The van der Waals surface area contributed by atoms with Gasteiger partial charge in [0.1, 0.15) is 5.75 Å². The quantitative estimate of drug-likeness (QED) is 0.897. The molecule has 0 aliphatic heterocycles. The summed E-state index contributed by atoms with van der Waals surface area (Å²) in [5, 5.41) is 8.83. The van der Waals surface area contributed by atoms with E-state index in [-0.39, 0.29) is 12.3 Å². The summed E-state index contributed by atoms with van der Waals surface area (Å²) < 4.78 is 5.21. The summed E-state index contributed by atoms with van der Waals surface area (Å²) in [6, 6.07) is 11.9. The molecule has 2 rings (SSSR count). The molecule has 0 aliphatic rings. The van der Waals surface area contributed by atoms with E-state index in [0.717, 1.165) is 21.1 Å². The Balaban J connectivity index is 2.22. The Labute approximate surface area is 116 Å². The fourth-order valence-electron chi connectivity index (χ4n) is 1.91. The molecule has 3 nitrogen and oxygen atoms in total. The van der Waals surface area contributed by atoms with Crippen LogP contribution in [0.1, 0.15) is 24.1 Å². The largest absolute Gasteiger partial charge is 0.497 e. The summed E-state index contributed by atoms with van der Waals surface area (Å²) >= 11 is 1.64. The van der Waals surface area contributed by atoms with Crippen LogP contribution < -0.4 is 4.74 Å². The number of aliphatic carboxylic acids is 1. The molecule has 1 unspecified atom stereocenters. The lowest BCUT2D eigenvalue weighted by molar-refractivity contribution is -0.137. The Kier molecular flexibility index (Phi) is 4.22. The van der Waals surface area contributed by atoms with Crippen LogP contribution in [0.5, 0.6) is 5.75 Å². The van der Waals surface area contributed by atoms with E-state index < -0.39 is 5.97 Å². The van der Waals surface area contributed by atoms with Crippen molar-refractivity contribution in [1.29, 1.82) is 0 Å². The molecule has 0 fully saturated rings. The molecule has 100 valence electrons. The molecule has 1 aromatic heterocycles. The normalized spacial score (nSPS) is 12.1. The number of carboxylic acids is 1. The van der Waals surface area contributed by atoms with Crippen molar-refractivity contribution < 1.29 is 14.6 Å². The van der Waals surface area contributed by atoms with Crippen LogP contribution in [0.15, 0.2) is 36.4 Å². The van der Waals surface area contributed by atoms with Gasteiger partial charge in [-0.05, 0) is 29.8 Å². The van der Waals surface area contributed by atoms with Crippen LogP contribution in [0, 0.1) is 0 Å². The number of ether oxygens (including phenoxy) is 1. The van der Waals surface area contributed by atoms with Crippen LogP contribution in [0.3, 0.4) is 0 Å². The number of hydrogen-bond acceptors (Lipinski definition) is 3. The van der Waals surface area contributed by atoms with E-state index in [4.69, 9.17) is 9.84 Å². The van der Waals surface area contributed by atoms with Gasteiger partial charge in [0.15, 0.2) is 0 Å². The van der Waals surface area contributed by atoms with E-state index in [2.05, 4.69) is 0 Å². The number of benzene rings is 1. The molecule has 0 bridgehead atoms. The van der Waals surface area contributed by atoms with E-state index >= 15 is 0 Å². The van der Waals surface area contributed by atoms with Crippen LogP contribution >= 0.6 is 11.3 Å². The van der Waals surface area contributed by atoms with Gasteiger partial charge in [-0.2, -0.15) is 0 Å². The summed E-state index contributed by atoms with van der Waals surface area (Å²) in [7, 11) is 1.65. The molecule has 0 amide bonds. The van der Waals surface area contributed by atoms with Crippen molar-refractivity contribution >= 4 is 17.3 Å². The predicted molar refractivity (Wildman–Crippen MR) is 77.0 cm³/mol. The Morgan fingerprint density at radius 1 is 1.37 bits per heavy atom. The van der Waals surface area contributed by atoms with Crippen molar-refractivity contribution in [2.24, 2.45) is 0 Å². The smallest absolute Gasteiger partial charge is 0.303 e. The van der Waals surface area contributed by atoms with E-state index in [9.17, 15) is 4.79 Å². The zero-order valence-electron chi connectivity index (χ0n) is 10.9. The van der Waals surface area contributed by atoms with Crippen LogP contribution in [-0.2, 0) is 4.79 Å². The van der Waals surface area contributed by atoms with Crippen molar-refractivity contribution in [3.63, 3.8) is 0 Å². The third-order valence-electron chi connectivity index (χ3n) is 2.95. The lowest BCUT2D eigenvalue weighted by atomic mass is 10.1. The third kappa shape index (κ3) is 3.35. The minimum atomic E-state index is -0.760. The topological polar surface area (TPSA) is 46.5 Å². The average molecular weight is 276 g/mol. The molecule has 19 heavy (non-hydrogen) atoms. The van der Waals surface area contributed by atoms with Crippen molar-refractivity contribution in [1.82, 2.24) is 0 Å². The second-order valence-corrected chi connectivity index (χ2v) is 5.55. The molecule has 1 atom stereocenters. The highest BCUT2D eigenvalue weighted by atomic mass is 32.1. The molecule has 0 saturated carbocycles. The highest BCUT2D eigenvalue weighted by Crippen LogP contribution is 2.34. The summed E-state index contributed by atoms with van der Waals surface area (Å²) in [4.78, 5) is 13.0. The lowest BCUT2D eigenvalue weighted by Gasteiger charge is -2.05. The first-order valence-corrected chi connectivity index (χ1v) is 6.87. The van der Waals surface area contributed by atoms with Crippen molar-refractivity contribution in [2.75, 3.05) is 7.11 Å². The summed E-state index contributed by atoms with van der Waals surface area (Å²) in [6.07, 6.45) is 0.165. The van der Waals surface area contributed by atoms with Gasteiger partial charge in [0.2, 0.25) is 0 Å². The fraction of sp³-hybridized carbons (Fsp3) is 0.267. The summed E-state index contributed by atoms with van der Waals surface area (Å²) in [5.41, 5.74) is 1.10. The minimum Gasteiger partial charge on any atom is -0.497 e. The second kappa shape index (κ2) is 5.89. The molecular weight excluding hydrogens is 260 g/mol. The van der Waals surface area contributed by atoms with E-state index in [1.165, 1.54) is 0 Å². The Morgan fingerprint density at radius 2 is 2.16 bits per heavy atom. The monoisotopic (exact) mass is 276 g/mol. The van der Waals surface area contributed by atoms with Gasteiger partial charge >= 0.3 is 5.97 Å². The van der Waals surface area contributed by atoms with E-state index in [1.54, 1.807) is 18.4 Å². The minimum absolute atomic E-state index is 0.0434. The maximum atomic E-state index is 10.7. The number of carboxylic acid groups (broad SMARTS) is 1. The van der Waals surface area contributed by atoms with Crippen LogP contribution in [0.2, 0.25) is 0 Å². The number of thiophene rings is 1. The third-order valence-corrected chi connectivity index (χ3v) is 4.31. The fourth-order valence-corrected chi connectivity index (χ4v) is 2.97. The SMILES string of the molecule is COc1cccc(-c2ccc(C(C)CC(=O)O)s2)c1. The molecule has 1 aromatic carbocycles. The molecular formula is C15H16O3S. The summed E-state index contributed by atoms with van der Waals surface area (Å²) in [6.45, 7) is 1.94. The van der Waals surface area contributed by atoms with Crippen molar-refractivity contribution in [2.45, 2.75) is 19.3 Å². The Morgan fingerprint density at radius 3 is 2.84 bits per heavy atom. The average Bonchev–Trinajstić information content (AvgIpc) is 2.88. The van der Waals surface area contributed by atoms with Crippen LogP contribution in [0.25, 0.3) is 10.4 Å². The van der Waals surface area contributed by atoms with Crippen molar-refractivity contribution in [3.8, 4) is 16.2 Å². The summed E-state index contributed by atoms with van der Waals surface area (Å²) in [5.74, 6) is 0.108. The molecule has 1 N–H and O–H groups in total. The highest BCUT2D eigenvalue weighted by Gasteiger charge is 2.13. The first kappa shape index (κ1) is 13.6. The number of hydrogen-bond donors (Lipinski definition) is 1. The highest BCUT2D eigenvalue weighted by molar-refractivity contribution is 7.15. The number of rotatable bonds is 5. The van der Waals surface area contributed by atoms with Gasteiger partial charge in [0.25, 0.3) is 0 Å². The van der Waals surface area contributed by atoms with Gasteiger partial charge in [-0.25, -0.2) is 0 Å². The first-order valence-electron chi connectivity index (χ1n) is 6.06. The Bertz CT molecular complexity index is 574. The molecule has 1 heterocycles. The van der Waals surface area contributed by atoms with Gasteiger partial charge < -0.3 is 9.84 Å². The van der Waals surface area contributed by atoms with Crippen molar-refractivity contribution in [3.05, 3.63) is 41.3 Å². The molecule has 2 aromatic rings. The van der Waals surface area contributed by atoms with E-state index in [1.807, 2.05) is 43.3 Å². The van der Waals surface area contributed by atoms with E-state index in [0.29, 0.717) is 0 Å². The Hall–Kier alpha value is -1.81. The van der Waals surface area contributed by atoms with Gasteiger partial charge in [-0.1, -0.05) is 19.1 Å². The molecule has 0 radical (unpaired) electrons. The number of methoxy groups -OCH3 is 1.